The predicted molar refractivity (Wildman–Crippen MR) is 69.6 cm³/mol. The fourth-order valence-electron chi connectivity index (χ4n) is 3.30. The number of benzene rings is 1. The molecule has 2 nitrogen and oxygen atoms in total. The molecule has 0 spiro atoms. The molecule has 0 N–H and O–H groups in total. The Labute approximate surface area is 120 Å². The number of alkyl halides is 3. The van der Waals surface area contributed by atoms with Crippen molar-refractivity contribution in [2.45, 2.75) is 31.5 Å². The van der Waals surface area contributed by atoms with E-state index in [0.717, 1.165) is 50.6 Å². The highest BCUT2D eigenvalue weighted by Gasteiger charge is 2.36. The molecule has 2 bridgehead atoms. The summed E-state index contributed by atoms with van der Waals surface area (Å²) in [7, 11) is 0. The summed E-state index contributed by atoms with van der Waals surface area (Å²) in [6, 6.07) is 2.50. The van der Waals surface area contributed by atoms with Gasteiger partial charge in [-0.25, -0.2) is 4.39 Å². The van der Waals surface area contributed by atoms with Gasteiger partial charge in [-0.15, -0.1) is 0 Å². The molecule has 21 heavy (non-hydrogen) atoms. The molecular formula is C15H17F4NO. The lowest BCUT2D eigenvalue weighted by Crippen LogP contribution is -2.51. The Morgan fingerprint density at radius 1 is 1.19 bits per heavy atom. The Balaban J connectivity index is 1.71. The SMILES string of the molecule is Fc1ccc(C(F)(F)F)c(OCC2CC3CCN2CC3)c1. The molecule has 3 aliphatic heterocycles. The quantitative estimate of drug-likeness (QED) is 0.789. The molecule has 6 heteroatoms. The highest BCUT2D eigenvalue weighted by atomic mass is 19.4. The molecule has 3 heterocycles. The van der Waals surface area contributed by atoms with Gasteiger partial charge in [0.25, 0.3) is 0 Å². The van der Waals surface area contributed by atoms with Crippen molar-refractivity contribution < 1.29 is 22.3 Å². The first-order valence-electron chi connectivity index (χ1n) is 7.17. The van der Waals surface area contributed by atoms with E-state index in [-0.39, 0.29) is 12.6 Å². The van der Waals surface area contributed by atoms with Gasteiger partial charge >= 0.3 is 6.18 Å². The van der Waals surface area contributed by atoms with Gasteiger partial charge in [-0.1, -0.05) is 0 Å². The zero-order chi connectivity index (χ0) is 15.0. The summed E-state index contributed by atoms with van der Waals surface area (Å²) in [6.07, 6.45) is -1.26. The summed E-state index contributed by atoms with van der Waals surface area (Å²) in [5.41, 5.74) is -0.917. The van der Waals surface area contributed by atoms with Crippen molar-refractivity contribution in [3.8, 4) is 5.75 Å². The van der Waals surface area contributed by atoms with Gasteiger partial charge in [0.1, 0.15) is 18.2 Å². The molecule has 0 aromatic heterocycles. The summed E-state index contributed by atoms with van der Waals surface area (Å²) >= 11 is 0. The lowest BCUT2D eigenvalue weighted by Gasteiger charge is -2.45. The second-order valence-electron chi connectivity index (χ2n) is 5.82. The van der Waals surface area contributed by atoms with Crippen LogP contribution >= 0.6 is 0 Å². The van der Waals surface area contributed by atoms with Gasteiger partial charge < -0.3 is 4.74 Å². The highest BCUT2D eigenvalue weighted by Crippen LogP contribution is 2.37. The van der Waals surface area contributed by atoms with Crippen LogP contribution in [0.2, 0.25) is 0 Å². The second kappa shape index (κ2) is 5.48. The molecule has 4 rings (SSSR count). The zero-order valence-corrected chi connectivity index (χ0v) is 11.5. The highest BCUT2D eigenvalue weighted by molar-refractivity contribution is 5.36. The van der Waals surface area contributed by atoms with Crippen LogP contribution in [0.3, 0.4) is 0 Å². The van der Waals surface area contributed by atoms with Crippen molar-refractivity contribution in [2.24, 2.45) is 5.92 Å². The smallest absolute Gasteiger partial charge is 0.419 e. The number of hydrogen-bond donors (Lipinski definition) is 0. The maximum Gasteiger partial charge on any atom is 0.419 e. The maximum absolute atomic E-state index is 13.2. The lowest BCUT2D eigenvalue weighted by molar-refractivity contribution is -0.139. The summed E-state index contributed by atoms with van der Waals surface area (Å²) in [6.45, 7) is 2.14. The molecular weight excluding hydrogens is 286 g/mol. The Morgan fingerprint density at radius 2 is 1.90 bits per heavy atom. The minimum absolute atomic E-state index is 0.141. The molecule has 3 saturated heterocycles. The Bertz CT molecular complexity index is 509. The van der Waals surface area contributed by atoms with Crippen LogP contribution in [0.5, 0.6) is 5.75 Å². The summed E-state index contributed by atoms with van der Waals surface area (Å²) in [5.74, 6) is -0.480. The van der Waals surface area contributed by atoms with Gasteiger partial charge in [-0.3, -0.25) is 4.90 Å². The molecule has 1 unspecified atom stereocenters. The minimum atomic E-state index is -4.53. The van der Waals surface area contributed by atoms with Gasteiger partial charge in [0.05, 0.1) is 5.56 Å². The summed E-state index contributed by atoms with van der Waals surface area (Å²) < 4.78 is 57.2. The zero-order valence-electron chi connectivity index (χ0n) is 11.5. The van der Waals surface area contributed by atoms with E-state index < -0.39 is 23.3 Å². The van der Waals surface area contributed by atoms with Crippen molar-refractivity contribution >= 4 is 0 Å². The number of ether oxygens (including phenoxy) is 1. The van der Waals surface area contributed by atoms with Crippen molar-refractivity contribution in [1.29, 1.82) is 0 Å². The van der Waals surface area contributed by atoms with Crippen molar-refractivity contribution in [2.75, 3.05) is 19.7 Å². The third-order valence-electron chi connectivity index (χ3n) is 4.45. The van der Waals surface area contributed by atoms with Crippen LogP contribution < -0.4 is 4.74 Å². The molecule has 1 aromatic rings. The molecule has 0 radical (unpaired) electrons. The van der Waals surface area contributed by atoms with Crippen LogP contribution in [-0.2, 0) is 6.18 Å². The van der Waals surface area contributed by atoms with Crippen molar-refractivity contribution in [3.63, 3.8) is 0 Å². The van der Waals surface area contributed by atoms with Crippen LogP contribution in [0, 0.1) is 11.7 Å². The first kappa shape index (κ1) is 14.6. The third-order valence-corrected chi connectivity index (χ3v) is 4.45. The fourth-order valence-corrected chi connectivity index (χ4v) is 3.30. The maximum atomic E-state index is 13.2. The van der Waals surface area contributed by atoms with E-state index in [2.05, 4.69) is 4.90 Å². The van der Waals surface area contributed by atoms with E-state index in [1.165, 1.54) is 0 Å². The Kier molecular flexibility index (Phi) is 3.82. The van der Waals surface area contributed by atoms with Crippen LogP contribution in [0.4, 0.5) is 17.6 Å². The van der Waals surface area contributed by atoms with E-state index in [1.807, 2.05) is 0 Å². The van der Waals surface area contributed by atoms with Gasteiger partial charge in [0, 0.05) is 12.1 Å². The molecule has 0 amide bonds. The first-order valence-corrected chi connectivity index (χ1v) is 7.17. The second-order valence-corrected chi connectivity index (χ2v) is 5.82. The number of hydrogen-bond acceptors (Lipinski definition) is 2. The normalized spacial score (nSPS) is 28.7. The average molecular weight is 303 g/mol. The first-order chi connectivity index (χ1) is 9.93. The molecule has 3 fully saturated rings. The van der Waals surface area contributed by atoms with E-state index in [0.29, 0.717) is 5.92 Å². The largest absolute Gasteiger partial charge is 0.491 e. The average Bonchev–Trinajstić information content (AvgIpc) is 2.45. The van der Waals surface area contributed by atoms with Crippen LogP contribution in [0.1, 0.15) is 24.8 Å². The lowest BCUT2D eigenvalue weighted by atomic mass is 9.83. The van der Waals surface area contributed by atoms with Gasteiger partial charge in [0.2, 0.25) is 0 Å². The molecule has 0 aliphatic carbocycles. The van der Waals surface area contributed by atoms with Crippen LogP contribution in [0.15, 0.2) is 18.2 Å². The number of piperidine rings is 3. The fraction of sp³-hybridized carbons (Fsp3) is 0.600. The van der Waals surface area contributed by atoms with Gasteiger partial charge in [-0.2, -0.15) is 13.2 Å². The van der Waals surface area contributed by atoms with E-state index in [4.69, 9.17) is 4.74 Å². The summed E-state index contributed by atoms with van der Waals surface area (Å²) in [5, 5.41) is 0. The van der Waals surface area contributed by atoms with E-state index >= 15 is 0 Å². The topological polar surface area (TPSA) is 12.5 Å². The predicted octanol–water partition coefficient (Wildman–Crippen LogP) is 3.71. The minimum Gasteiger partial charge on any atom is -0.491 e. The van der Waals surface area contributed by atoms with Gasteiger partial charge in [-0.05, 0) is 50.4 Å². The molecule has 1 aromatic carbocycles. The van der Waals surface area contributed by atoms with Crippen molar-refractivity contribution in [3.05, 3.63) is 29.6 Å². The molecule has 1 atom stereocenters. The number of rotatable bonds is 3. The van der Waals surface area contributed by atoms with E-state index in [9.17, 15) is 17.6 Å². The van der Waals surface area contributed by atoms with Crippen molar-refractivity contribution in [1.82, 2.24) is 4.90 Å². The molecule has 116 valence electrons. The number of halogens is 4. The standard InChI is InChI=1S/C15H17F4NO/c16-11-1-2-13(15(17,18)19)14(8-11)21-9-12-7-10-3-5-20(12)6-4-10/h1-2,8,10,12H,3-7,9H2. The summed E-state index contributed by atoms with van der Waals surface area (Å²) in [4.78, 5) is 2.26. The van der Waals surface area contributed by atoms with Gasteiger partial charge in [0.15, 0.2) is 0 Å². The van der Waals surface area contributed by atoms with E-state index in [1.54, 1.807) is 0 Å². The van der Waals surface area contributed by atoms with Crippen LogP contribution in [-0.4, -0.2) is 30.6 Å². The Morgan fingerprint density at radius 3 is 2.48 bits per heavy atom. The molecule has 3 aliphatic rings. The third kappa shape index (κ3) is 3.15. The Hall–Kier alpha value is -1.30. The monoisotopic (exact) mass is 303 g/mol. The number of nitrogens with zero attached hydrogens (tertiary/aromatic N) is 1. The van der Waals surface area contributed by atoms with Crippen LogP contribution in [0.25, 0.3) is 0 Å². The number of fused-ring (bicyclic) bond motifs is 3. The molecule has 0 saturated carbocycles.